The smallest absolute Gasteiger partial charge is 0.138 e. The highest BCUT2D eigenvalue weighted by atomic mass is 16.5. The van der Waals surface area contributed by atoms with Crippen LogP contribution in [-0.4, -0.2) is 30.3 Å². The molecule has 1 N–H and O–H groups in total. The van der Waals surface area contributed by atoms with Crippen LogP contribution in [-0.2, 0) is 11.3 Å². The van der Waals surface area contributed by atoms with E-state index in [1.807, 2.05) is 25.4 Å². The van der Waals surface area contributed by atoms with Gasteiger partial charge in [-0.1, -0.05) is 0 Å². The van der Waals surface area contributed by atoms with Crippen molar-refractivity contribution in [2.75, 3.05) is 13.7 Å². The number of hydrogen-bond acceptors (Lipinski definition) is 4. The van der Waals surface area contributed by atoms with Crippen molar-refractivity contribution in [3.63, 3.8) is 0 Å². The third kappa shape index (κ3) is 2.90. The minimum Gasteiger partial charge on any atom is -0.489 e. The second-order valence-electron chi connectivity index (χ2n) is 5.63. The third-order valence-electron chi connectivity index (χ3n) is 4.17. The van der Waals surface area contributed by atoms with Crippen LogP contribution >= 0.6 is 0 Å². The second kappa shape index (κ2) is 5.47. The summed E-state index contributed by atoms with van der Waals surface area (Å²) in [4.78, 5) is 4.39. The first kappa shape index (κ1) is 12.9. The molecule has 4 nitrogen and oxygen atoms in total. The summed E-state index contributed by atoms with van der Waals surface area (Å²) < 4.78 is 12.0. The van der Waals surface area contributed by atoms with E-state index < -0.39 is 0 Å². The summed E-state index contributed by atoms with van der Waals surface area (Å²) in [5, 5.41) is 3.09. The van der Waals surface area contributed by atoms with Crippen molar-refractivity contribution in [3.05, 3.63) is 24.0 Å². The Balaban J connectivity index is 1.58. The Kier molecular flexibility index (Phi) is 3.71. The third-order valence-corrected chi connectivity index (χ3v) is 4.17. The molecule has 0 amide bonds. The monoisotopic (exact) mass is 262 g/mol. The number of hydrogen-bond donors (Lipinski definition) is 1. The number of ether oxygens (including phenoxy) is 2. The van der Waals surface area contributed by atoms with Gasteiger partial charge in [0.15, 0.2) is 0 Å². The maximum atomic E-state index is 6.06. The first-order valence-corrected chi connectivity index (χ1v) is 7.20. The molecule has 1 saturated heterocycles. The minimum atomic E-state index is 0.141. The molecular formula is C15H22N2O2. The summed E-state index contributed by atoms with van der Waals surface area (Å²) >= 11 is 0. The minimum absolute atomic E-state index is 0.141. The first-order chi connectivity index (χ1) is 9.30. The summed E-state index contributed by atoms with van der Waals surface area (Å²) in [7, 11) is 1.92. The molecular weight excluding hydrogens is 240 g/mol. The van der Waals surface area contributed by atoms with E-state index in [0.29, 0.717) is 0 Å². The zero-order chi connectivity index (χ0) is 13.1. The topological polar surface area (TPSA) is 43.4 Å². The summed E-state index contributed by atoms with van der Waals surface area (Å²) in [5.41, 5.74) is 1.18. The fourth-order valence-electron chi connectivity index (χ4n) is 2.96. The molecule has 0 bridgehead atoms. The van der Waals surface area contributed by atoms with E-state index in [9.17, 15) is 0 Å². The van der Waals surface area contributed by atoms with Crippen molar-refractivity contribution in [2.24, 2.45) is 0 Å². The standard InChI is InChI=1S/C15H22N2O2/c1-16-10-12-3-4-14(11-17-12)19-13-5-8-18-15(9-13)6-2-7-15/h3-4,11,13,16H,2,5-10H2,1H3. The van der Waals surface area contributed by atoms with Crippen LogP contribution in [0.3, 0.4) is 0 Å². The van der Waals surface area contributed by atoms with Crippen LogP contribution in [0.2, 0.25) is 0 Å². The number of aromatic nitrogens is 1. The predicted molar refractivity (Wildman–Crippen MR) is 73.2 cm³/mol. The molecule has 1 atom stereocenters. The van der Waals surface area contributed by atoms with E-state index in [2.05, 4.69) is 10.3 Å². The van der Waals surface area contributed by atoms with Gasteiger partial charge in [-0.15, -0.1) is 0 Å². The average Bonchev–Trinajstić information content (AvgIpc) is 2.40. The summed E-state index contributed by atoms with van der Waals surface area (Å²) in [6.45, 7) is 1.62. The van der Waals surface area contributed by atoms with Crippen LogP contribution in [0.1, 0.15) is 37.8 Å². The van der Waals surface area contributed by atoms with E-state index in [1.54, 1.807) is 0 Å². The van der Waals surface area contributed by atoms with Crippen LogP contribution in [0.4, 0.5) is 0 Å². The fraction of sp³-hybridized carbons (Fsp3) is 0.667. The van der Waals surface area contributed by atoms with Crippen LogP contribution < -0.4 is 10.1 Å². The molecule has 3 rings (SSSR count). The molecule has 1 saturated carbocycles. The lowest BCUT2D eigenvalue weighted by atomic mass is 9.74. The van der Waals surface area contributed by atoms with Crippen molar-refractivity contribution in [1.29, 1.82) is 0 Å². The van der Waals surface area contributed by atoms with Crippen LogP contribution in [0.25, 0.3) is 0 Å². The maximum Gasteiger partial charge on any atom is 0.138 e. The highest BCUT2D eigenvalue weighted by molar-refractivity contribution is 5.20. The Hall–Kier alpha value is -1.13. The van der Waals surface area contributed by atoms with Gasteiger partial charge in [0.1, 0.15) is 11.9 Å². The van der Waals surface area contributed by atoms with E-state index in [4.69, 9.17) is 9.47 Å². The fourth-order valence-corrected chi connectivity index (χ4v) is 2.96. The van der Waals surface area contributed by atoms with Gasteiger partial charge >= 0.3 is 0 Å². The van der Waals surface area contributed by atoms with E-state index >= 15 is 0 Å². The van der Waals surface area contributed by atoms with Gasteiger partial charge in [-0.05, 0) is 38.4 Å². The molecule has 19 heavy (non-hydrogen) atoms. The van der Waals surface area contributed by atoms with Gasteiger partial charge in [-0.2, -0.15) is 0 Å². The zero-order valence-corrected chi connectivity index (χ0v) is 11.5. The van der Waals surface area contributed by atoms with Crippen molar-refractivity contribution >= 4 is 0 Å². The Morgan fingerprint density at radius 1 is 1.47 bits per heavy atom. The second-order valence-corrected chi connectivity index (χ2v) is 5.63. The molecule has 0 aromatic carbocycles. The largest absolute Gasteiger partial charge is 0.489 e. The van der Waals surface area contributed by atoms with Gasteiger partial charge < -0.3 is 14.8 Å². The van der Waals surface area contributed by atoms with Crippen molar-refractivity contribution in [3.8, 4) is 5.75 Å². The lowest BCUT2D eigenvalue weighted by Crippen LogP contribution is -2.48. The van der Waals surface area contributed by atoms with Crippen molar-refractivity contribution in [1.82, 2.24) is 10.3 Å². The zero-order valence-electron chi connectivity index (χ0n) is 11.5. The number of pyridine rings is 1. The summed E-state index contributed by atoms with van der Waals surface area (Å²) in [5.74, 6) is 0.876. The number of rotatable bonds is 4. The van der Waals surface area contributed by atoms with E-state index in [0.717, 1.165) is 37.4 Å². The number of nitrogens with zero attached hydrogens (tertiary/aromatic N) is 1. The molecule has 1 aromatic rings. The van der Waals surface area contributed by atoms with Crippen molar-refractivity contribution in [2.45, 2.75) is 50.4 Å². The molecule has 2 aliphatic rings. The molecule has 1 spiro atoms. The molecule has 1 aromatic heterocycles. The van der Waals surface area contributed by atoms with E-state index in [1.165, 1.54) is 19.3 Å². The summed E-state index contributed by atoms with van der Waals surface area (Å²) in [6.07, 6.45) is 7.83. The quantitative estimate of drug-likeness (QED) is 0.904. The SMILES string of the molecule is CNCc1ccc(OC2CCOC3(CCC3)C2)cn1. The Morgan fingerprint density at radius 2 is 2.37 bits per heavy atom. The van der Waals surface area contributed by atoms with Gasteiger partial charge in [-0.25, -0.2) is 0 Å². The Morgan fingerprint density at radius 3 is 3.00 bits per heavy atom. The van der Waals surface area contributed by atoms with Gasteiger partial charge in [-0.3, -0.25) is 4.98 Å². The van der Waals surface area contributed by atoms with Gasteiger partial charge in [0.25, 0.3) is 0 Å². The Bertz CT molecular complexity index is 415. The van der Waals surface area contributed by atoms with Crippen LogP contribution in [0.5, 0.6) is 5.75 Å². The highest BCUT2D eigenvalue weighted by Crippen LogP contribution is 2.43. The summed E-state index contributed by atoms with van der Waals surface area (Å²) in [6, 6.07) is 4.03. The van der Waals surface area contributed by atoms with Gasteiger partial charge in [0, 0.05) is 19.4 Å². The predicted octanol–water partition coefficient (Wildman–Crippen LogP) is 2.28. The lowest BCUT2D eigenvalue weighted by Gasteiger charge is -2.46. The van der Waals surface area contributed by atoms with Gasteiger partial charge in [0.05, 0.1) is 24.1 Å². The van der Waals surface area contributed by atoms with E-state index in [-0.39, 0.29) is 11.7 Å². The van der Waals surface area contributed by atoms with Gasteiger partial charge in [0.2, 0.25) is 0 Å². The molecule has 1 aliphatic carbocycles. The molecule has 1 aliphatic heterocycles. The molecule has 4 heteroatoms. The molecule has 2 heterocycles. The number of nitrogens with one attached hydrogen (secondary N) is 1. The van der Waals surface area contributed by atoms with Crippen LogP contribution in [0, 0.1) is 0 Å². The molecule has 2 fully saturated rings. The molecule has 104 valence electrons. The maximum absolute atomic E-state index is 6.06. The molecule has 0 radical (unpaired) electrons. The Labute approximate surface area is 114 Å². The average molecular weight is 262 g/mol. The normalized spacial score (nSPS) is 25.0. The van der Waals surface area contributed by atoms with Crippen molar-refractivity contribution < 1.29 is 9.47 Å². The lowest BCUT2D eigenvalue weighted by molar-refractivity contribution is -0.153. The molecule has 1 unspecified atom stereocenters. The van der Waals surface area contributed by atoms with Crippen LogP contribution in [0.15, 0.2) is 18.3 Å². The highest BCUT2D eigenvalue weighted by Gasteiger charge is 2.43. The first-order valence-electron chi connectivity index (χ1n) is 7.20.